The molecular weight excluding hydrogens is 210 g/mol. The number of nitrogens with two attached hydrogens (primary N) is 1. The van der Waals surface area contributed by atoms with Gasteiger partial charge in [0.1, 0.15) is 5.75 Å². The maximum atomic E-state index is 8.63. The maximum absolute atomic E-state index is 8.63. The molecule has 1 atom stereocenters. The minimum Gasteiger partial charge on any atom is -0.508 e. The first-order valence-corrected chi connectivity index (χ1v) is 6.70. The zero-order valence-electron chi connectivity index (χ0n) is 11.2. The topological polar surface area (TPSA) is 46.2 Å². The van der Waals surface area contributed by atoms with Crippen LogP contribution in [0.25, 0.3) is 0 Å². The second-order valence-electron chi connectivity index (χ2n) is 4.38. The predicted octanol–water partition coefficient (Wildman–Crippen LogP) is 4.09. The normalized spacial score (nSPS) is 11.5. The van der Waals surface area contributed by atoms with Crippen LogP contribution in [0.5, 0.6) is 5.75 Å². The van der Waals surface area contributed by atoms with E-state index in [1.54, 1.807) is 24.3 Å². The number of phenolic OH excluding ortho intramolecular Hbond substituents is 1. The predicted molar refractivity (Wildman–Crippen MR) is 75.1 cm³/mol. The summed E-state index contributed by atoms with van der Waals surface area (Å²) in [4.78, 5) is 0. The molecule has 0 radical (unpaired) electrons. The van der Waals surface area contributed by atoms with Crippen LogP contribution in [0, 0.1) is 0 Å². The van der Waals surface area contributed by atoms with Crippen LogP contribution in [0.15, 0.2) is 30.3 Å². The van der Waals surface area contributed by atoms with Crippen molar-refractivity contribution in [3.05, 3.63) is 30.3 Å². The molecule has 0 aliphatic heterocycles. The first kappa shape index (κ1) is 16.0. The molecule has 0 saturated carbocycles. The summed E-state index contributed by atoms with van der Waals surface area (Å²) < 4.78 is 0. The fourth-order valence-electron chi connectivity index (χ4n) is 1.60. The van der Waals surface area contributed by atoms with Crippen molar-refractivity contribution >= 4 is 0 Å². The number of rotatable bonds is 6. The van der Waals surface area contributed by atoms with E-state index >= 15 is 0 Å². The number of aromatic hydroxyl groups is 1. The SMILES string of the molecule is CCCCCC(N)CCC.Oc1ccccc1. The molecule has 1 aromatic rings. The van der Waals surface area contributed by atoms with E-state index < -0.39 is 0 Å². The van der Waals surface area contributed by atoms with Crippen LogP contribution >= 0.6 is 0 Å². The number of phenols is 1. The standard InChI is InChI=1S/C9H21N.C6H6O/c1-3-5-6-8-9(10)7-4-2;7-6-4-2-1-3-5-6/h9H,3-8,10H2,1-2H3;1-5,7H. The van der Waals surface area contributed by atoms with Gasteiger partial charge in [-0.1, -0.05) is 57.7 Å². The molecule has 0 aromatic heterocycles. The van der Waals surface area contributed by atoms with Crippen molar-refractivity contribution in [1.29, 1.82) is 0 Å². The Morgan fingerprint density at radius 2 is 1.65 bits per heavy atom. The smallest absolute Gasteiger partial charge is 0.115 e. The molecule has 1 aromatic carbocycles. The summed E-state index contributed by atoms with van der Waals surface area (Å²) in [5, 5.41) is 8.63. The molecule has 1 unspecified atom stereocenters. The van der Waals surface area contributed by atoms with Crippen molar-refractivity contribution in [2.75, 3.05) is 0 Å². The lowest BCUT2D eigenvalue weighted by molar-refractivity contribution is 0.475. The number of hydrogen-bond acceptors (Lipinski definition) is 2. The molecule has 1 rings (SSSR count). The Morgan fingerprint density at radius 1 is 1.00 bits per heavy atom. The van der Waals surface area contributed by atoms with E-state index in [1.807, 2.05) is 6.07 Å². The summed E-state index contributed by atoms with van der Waals surface area (Å²) in [6.07, 6.45) is 7.62. The van der Waals surface area contributed by atoms with E-state index in [0.29, 0.717) is 11.8 Å². The van der Waals surface area contributed by atoms with E-state index in [-0.39, 0.29) is 0 Å². The summed E-state index contributed by atoms with van der Waals surface area (Å²) in [6.45, 7) is 4.42. The summed E-state index contributed by atoms with van der Waals surface area (Å²) in [5.41, 5.74) is 5.82. The monoisotopic (exact) mass is 237 g/mol. The summed E-state index contributed by atoms with van der Waals surface area (Å²) in [6, 6.07) is 9.18. The first-order valence-electron chi connectivity index (χ1n) is 6.70. The van der Waals surface area contributed by atoms with Gasteiger partial charge in [0.05, 0.1) is 0 Å². The highest BCUT2D eigenvalue weighted by Gasteiger charge is 1.98. The van der Waals surface area contributed by atoms with E-state index in [9.17, 15) is 0 Å². The second-order valence-corrected chi connectivity index (χ2v) is 4.38. The van der Waals surface area contributed by atoms with Crippen molar-refractivity contribution in [2.45, 2.75) is 58.4 Å². The molecule has 0 fully saturated rings. The average Bonchev–Trinajstić information content (AvgIpc) is 2.31. The Labute approximate surface area is 106 Å². The summed E-state index contributed by atoms with van der Waals surface area (Å²) >= 11 is 0. The van der Waals surface area contributed by atoms with Crippen molar-refractivity contribution < 1.29 is 5.11 Å². The average molecular weight is 237 g/mol. The van der Waals surface area contributed by atoms with Gasteiger partial charge in [-0.25, -0.2) is 0 Å². The number of unbranched alkanes of at least 4 members (excludes halogenated alkanes) is 2. The Balaban J connectivity index is 0.000000318. The number of hydrogen-bond donors (Lipinski definition) is 2. The summed E-state index contributed by atoms with van der Waals surface area (Å²) in [7, 11) is 0. The second kappa shape index (κ2) is 11.5. The molecule has 0 aliphatic carbocycles. The fraction of sp³-hybridized carbons (Fsp3) is 0.600. The van der Waals surface area contributed by atoms with Crippen LogP contribution in [0.2, 0.25) is 0 Å². The zero-order valence-corrected chi connectivity index (χ0v) is 11.2. The van der Waals surface area contributed by atoms with Crippen LogP contribution in [-0.4, -0.2) is 11.1 Å². The van der Waals surface area contributed by atoms with E-state index in [4.69, 9.17) is 10.8 Å². The molecule has 0 bridgehead atoms. The van der Waals surface area contributed by atoms with Gasteiger partial charge in [0.15, 0.2) is 0 Å². The van der Waals surface area contributed by atoms with Crippen LogP contribution in [0.1, 0.15) is 52.4 Å². The number of para-hydroxylation sites is 1. The molecule has 3 N–H and O–H groups in total. The van der Waals surface area contributed by atoms with Gasteiger partial charge in [0, 0.05) is 6.04 Å². The molecule has 0 heterocycles. The van der Waals surface area contributed by atoms with Gasteiger partial charge in [0.2, 0.25) is 0 Å². The highest BCUT2D eigenvalue weighted by atomic mass is 16.3. The molecule has 0 amide bonds. The summed E-state index contributed by atoms with van der Waals surface area (Å²) in [5.74, 6) is 0.322. The van der Waals surface area contributed by atoms with Gasteiger partial charge >= 0.3 is 0 Å². The first-order chi connectivity index (χ1) is 8.20. The lowest BCUT2D eigenvalue weighted by Crippen LogP contribution is -2.18. The maximum Gasteiger partial charge on any atom is 0.115 e. The molecule has 98 valence electrons. The van der Waals surface area contributed by atoms with Crippen molar-refractivity contribution in [3.8, 4) is 5.75 Å². The Bertz CT molecular complexity index is 248. The van der Waals surface area contributed by atoms with Crippen molar-refractivity contribution in [3.63, 3.8) is 0 Å². The highest BCUT2D eigenvalue weighted by Crippen LogP contribution is 2.05. The van der Waals surface area contributed by atoms with Crippen LogP contribution in [0.4, 0.5) is 0 Å². The van der Waals surface area contributed by atoms with Gasteiger partial charge in [-0.15, -0.1) is 0 Å². The lowest BCUT2D eigenvalue weighted by Gasteiger charge is -2.08. The zero-order chi connectivity index (χ0) is 12.9. The fourth-order valence-corrected chi connectivity index (χ4v) is 1.60. The van der Waals surface area contributed by atoms with Crippen molar-refractivity contribution in [2.24, 2.45) is 5.73 Å². The largest absolute Gasteiger partial charge is 0.508 e. The molecule has 17 heavy (non-hydrogen) atoms. The number of benzene rings is 1. The van der Waals surface area contributed by atoms with Crippen LogP contribution in [0.3, 0.4) is 0 Å². The van der Waals surface area contributed by atoms with Gasteiger partial charge in [0.25, 0.3) is 0 Å². The molecule has 2 heteroatoms. The Kier molecular flexibility index (Phi) is 10.8. The Hall–Kier alpha value is -1.02. The third-order valence-corrected chi connectivity index (χ3v) is 2.59. The third-order valence-electron chi connectivity index (χ3n) is 2.59. The van der Waals surface area contributed by atoms with E-state index in [1.165, 1.54) is 38.5 Å². The molecular formula is C15H27NO. The van der Waals surface area contributed by atoms with Gasteiger partial charge in [-0.3, -0.25) is 0 Å². The van der Waals surface area contributed by atoms with Crippen LogP contribution in [-0.2, 0) is 0 Å². The molecule has 0 saturated heterocycles. The van der Waals surface area contributed by atoms with Crippen LogP contribution < -0.4 is 5.73 Å². The van der Waals surface area contributed by atoms with Gasteiger partial charge in [-0.05, 0) is 25.0 Å². The lowest BCUT2D eigenvalue weighted by atomic mass is 10.1. The highest BCUT2D eigenvalue weighted by molar-refractivity contribution is 5.18. The van der Waals surface area contributed by atoms with E-state index in [0.717, 1.165) is 0 Å². The van der Waals surface area contributed by atoms with Crippen molar-refractivity contribution in [1.82, 2.24) is 0 Å². The van der Waals surface area contributed by atoms with Gasteiger partial charge in [-0.2, -0.15) is 0 Å². The van der Waals surface area contributed by atoms with Gasteiger partial charge < -0.3 is 10.8 Å². The molecule has 2 nitrogen and oxygen atoms in total. The van der Waals surface area contributed by atoms with E-state index in [2.05, 4.69) is 13.8 Å². The minimum absolute atomic E-state index is 0.322. The molecule has 0 aliphatic rings. The third kappa shape index (κ3) is 11.2. The Morgan fingerprint density at radius 3 is 2.06 bits per heavy atom. The molecule has 0 spiro atoms. The minimum atomic E-state index is 0.322. The quantitative estimate of drug-likeness (QED) is 0.732.